The summed E-state index contributed by atoms with van der Waals surface area (Å²) in [7, 11) is 0. The molecule has 0 amide bonds. The molecule has 1 N–H and O–H groups in total. The Balaban J connectivity index is 1.71. The summed E-state index contributed by atoms with van der Waals surface area (Å²) in [5, 5.41) is 10.5. The van der Waals surface area contributed by atoms with Crippen molar-refractivity contribution in [3.8, 4) is 0 Å². The number of aliphatic carboxylic acids is 1. The SMILES string of the molecule is [C-]#[N+]C1=C[C@]2(C)C3=CC(=O)C4C5CC(C)(C)CCC5(C(=O)O)CC[C@@]4(C)[C@]3(C)CCC2C(C)(C)C1=O. The van der Waals surface area contributed by atoms with Crippen molar-refractivity contribution >= 4 is 17.5 Å². The van der Waals surface area contributed by atoms with Gasteiger partial charge in [-0.3, -0.25) is 9.59 Å². The van der Waals surface area contributed by atoms with Crippen LogP contribution in [0.3, 0.4) is 0 Å². The van der Waals surface area contributed by atoms with Crippen LogP contribution in [0.5, 0.6) is 0 Å². The fourth-order valence-electron chi connectivity index (χ4n) is 9.97. The van der Waals surface area contributed by atoms with E-state index in [0.29, 0.717) is 19.3 Å². The Morgan fingerprint density at radius 2 is 1.64 bits per heavy atom. The number of carbonyl (C=O) groups excluding carboxylic acids is 2. The Kier molecular flexibility index (Phi) is 5.09. The number of hydrogen-bond acceptors (Lipinski definition) is 3. The largest absolute Gasteiger partial charge is 0.481 e. The minimum absolute atomic E-state index is 0.0116. The van der Waals surface area contributed by atoms with Crippen molar-refractivity contribution in [2.45, 2.75) is 93.4 Å². The van der Waals surface area contributed by atoms with Gasteiger partial charge in [0.25, 0.3) is 0 Å². The molecule has 0 aromatic carbocycles. The molecule has 0 heterocycles. The molecule has 0 bridgehead atoms. The molecule has 5 heteroatoms. The Bertz CT molecular complexity index is 1180. The zero-order valence-electron chi connectivity index (χ0n) is 23.0. The van der Waals surface area contributed by atoms with Crippen molar-refractivity contribution in [3.63, 3.8) is 0 Å². The summed E-state index contributed by atoms with van der Waals surface area (Å²) >= 11 is 0. The van der Waals surface area contributed by atoms with Gasteiger partial charge in [0.05, 0.1) is 12.0 Å². The van der Waals surface area contributed by atoms with E-state index in [0.717, 1.165) is 31.3 Å². The number of allylic oxidation sites excluding steroid dienone is 4. The maximum atomic E-state index is 14.2. The van der Waals surface area contributed by atoms with Crippen LogP contribution in [0.2, 0.25) is 0 Å². The van der Waals surface area contributed by atoms with Crippen molar-refractivity contribution in [1.82, 2.24) is 0 Å². The molecule has 5 aliphatic rings. The second kappa shape index (κ2) is 7.21. The predicted octanol–water partition coefficient (Wildman–Crippen LogP) is 6.64. The molecule has 0 spiro atoms. The molecule has 5 rings (SSSR count). The number of ketones is 2. The van der Waals surface area contributed by atoms with Crippen LogP contribution < -0.4 is 0 Å². The van der Waals surface area contributed by atoms with E-state index < -0.39 is 22.2 Å². The van der Waals surface area contributed by atoms with E-state index in [1.807, 2.05) is 26.0 Å². The first-order valence-electron chi connectivity index (χ1n) is 13.7. The highest BCUT2D eigenvalue weighted by Gasteiger charge is 2.70. The molecule has 0 aromatic heterocycles. The molecule has 0 aromatic rings. The number of Topliss-reactive ketones (excluding diaryl/α,β-unsaturated/α-hetero) is 1. The van der Waals surface area contributed by atoms with Gasteiger partial charge >= 0.3 is 5.97 Å². The summed E-state index contributed by atoms with van der Waals surface area (Å²) in [5.41, 5.74) is -1.46. The lowest BCUT2D eigenvalue weighted by Crippen LogP contribution is -2.65. The molecular formula is C31H41NO4. The van der Waals surface area contributed by atoms with Gasteiger partial charge in [-0.05, 0) is 79.1 Å². The van der Waals surface area contributed by atoms with E-state index in [1.165, 1.54) is 0 Å². The maximum absolute atomic E-state index is 14.2. The molecule has 194 valence electrons. The fraction of sp³-hybridized carbons (Fsp3) is 0.742. The van der Waals surface area contributed by atoms with Crippen LogP contribution in [0.15, 0.2) is 23.4 Å². The highest BCUT2D eigenvalue weighted by molar-refractivity contribution is 6.03. The second-order valence-electron chi connectivity index (χ2n) is 14.7. The molecule has 0 radical (unpaired) electrons. The third-order valence-corrected chi connectivity index (χ3v) is 12.3. The standard InChI is InChI=1S/C31H41NO4/c1-26(2)11-13-31(25(35)36)14-12-30(7)23(18(31)16-26)20(33)15-22-28(5)17-19(32-8)24(34)27(3,4)21(28)9-10-29(22,30)6/h15,17-18,21,23H,9-14,16H2,1-7H3,(H,35,36)/t18?,21?,23?,28-,29+,30+,31?/m0/s1. The van der Waals surface area contributed by atoms with Crippen molar-refractivity contribution in [1.29, 1.82) is 0 Å². The lowest BCUT2D eigenvalue weighted by atomic mass is 9.34. The number of carbonyl (C=O) groups is 3. The van der Waals surface area contributed by atoms with Crippen molar-refractivity contribution < 1.29 is 19.5 Å². The zero-order valence-corrected chi connectivity index (χ0v) is 23.0. The van der Waals surface area contributed by atoms with Gasteiger partial charge < -0.3 is 9.90 Å². The predicted molar refractivity (Wildman–Crippen MR) is 138 cm³/mol. The van der Waals surface area contributed by atoms with Crippen LogP contribution in [-0.4, -0.2) is 22.6 Å². The molecule has 5 aliphatic carbocycles. The third kappa shape index (κ3) is 2.85. The van der Waals surface area contributed by atoms with Crippen LogP contribution in [0.1, 0.15) is 93.4 Å². The van der Waals surface area contributed by atoms with Crippen molar-refractivity contribution in [2.75, 3.05) is 0 Å². The lowest BCUT2D eigenvalue weighted by molar-refractivity contribution is -0.188. The number of hydrogen-bond donors (Lipinski definition) is 1. The van der Waals surface area contributed by atoms with Crippen LogP contribution in [0, 0.1) is 56.8 Å². The van der Waals surface area contributed by atoms with Gasteiger partial charge in [0, 0.05) is 16.7 Å². The number of rotatable bonds is 1. The average molecular weight is 492 g/mol. The minimum atomic E-state index is -0.825. The normalized spacial score (nSPS) is 46.7. The number of carboxylic acid groups (broad SMARTS) is 1. The van der Waals surface area contributed by atoms with Gasteiger partial charge in [-0.2, -0.15) is 0 Å². The first kappa shape index (κ1) is 25.4. The van der Waals surface area contributed by atoms with Gasteiger partial charge in [0.15, 0.2) is 11.6 Å². The quantitative estimate of drug-likeness (QED) is 0.417. The van der Waals surface area contributed by atoms with E-state index in [4.69, 9.17) is 6.57 Å². The molecule has 5 nitrogen and oxygen atoms in total. The second-order valence-corrected chi connectivity index (χ2v) is 14.7. The van der Waals surface area contributed by atoms with Gasteiger partial charge in [0.1, 0.15) is 0 Å². The minimum Gasteiger partial charge on any atom is -0.481 e. The molecule has 3 fully saturated rings. The summed E-state index contributed by atoms with van der Waals surface area (Å²) in [4.78, 5) is 43.8. The Labute approximate surface area is 215 Å². The summed E-state index contributed by atoms with van der Waals surface area (Å²) in [6.45, 7) is 22.7. The molecule has 3 saturated carbocycles. The first-order valence-corrected chi connectivity index (χ1v) is 13.7. The molecule has 0 saturated heterocycles. The Hall–Kier alpha value is -2.22. The van der Waals surface area contributed by atoms with E-state index in [1.54, 1.807) is 0 Å². The van der Waals surface area contributed by atoms with Gasteiger partial charge in [-0.15, -0.1) is 0 Å². The average Bonchev–Trinajstić information content (AvgIpc) is 2.77. The molecule has 0 aliphatic heterocycles. The van der Waals surface area contributed by atoms with Gasteiger partial charge in [-0.1, -0.05) is 60.1 Å². The molecular weight excluding hydrogens is 450 g/mol. The smallest absolute Gasteiger partial charge is 0.309 e. The van der Waals surface area contributed by atoms with E-state index in [-0.39, 0.29) is 51.3 Å². The first-order chi connectivity index (χ1) is 16.5. The zero-order chi connectivity index (χ0) is 26.7. The van der Waals surface area contributed by atoms with Crippen LogP contribution in [0.25, 0.3) is 4.85 Å². The number of fused-ring (bicyclic) bond motifs is 7. The Morgan fingerprint density at radius 3 is 2.25 bits per heavy atom. The third-order valence-electron chi connectivity index (χ3n) is 12.3. The summed E-state index contributed by atoms with van der Waals surface area (Å²) < 4.78 is 0. The molecule has 7 atom stereocenters. The number of carboxylic acids is 1. The Morgan fingerprint density at radius 1 is 1.00 bits per heavy atom. The summed E-state index contributed by atoms with van der Waals surface area (Å²) in [6.07, 6.45) is 9.03. The van der Waals surface area contributed by atoms with Crippen molar-refractivity contribution in [2.24, 2.45) is 50.2 Å². The lowest BCUT2D eigenvalue weighted by Gasteiger charge is -2.68. The van der Waals surface area contributed by atoms with E-state index in [2.05, 4.69) is 39.5 Å². The van der Waals surface area contributed by atoms with Crippen LogP contribution in [0.4, 0.5) is 0 Å². The van der Waals surface area contributed by atoms with Gasteiger partial charge in [-0.25, -0.2) is 4.85 Å². The fourth-order valence-corrected chi connectivity index (χ4v) is 9.97. The topological polar surface area (TPSA) is 75.8 Å². The monoisotopic (exact) mass is 491 g/mol. The molecule has 36 heavy (non-hydrogen) atoms. The maximum Gasteiger partial charge on any atom is 0.309 e. The highest BCUT2D eigenvalue weighted by atomic mass is 16.4. The van der Waals surface area contributed by atoms with Crippen LogP contribution in [-0.2, 0) is 14.4 Å². The summed E-state index contributed by atoms with van der Waals surface area (Å²) in [6, 6.07) is 0. The number of nitrogens with zero attached hydrogens (tertiary/aromatic N) is 1. The molecule has 4 unspecified atom stereocenters. The highest BCUT2D eigenvalue weighted by Crippen LogP contribution is 2.74. The van der Waals surface area contributed by atoms with Crippen LogP contribution >= 0.6 is 0 Å². The van der Waals surface area contributed by atoms with Crippen molar-refractivity contribution in [3.05, 3.63) is 34.8 Å². The van der Waals surface area contributed by atoms with E-state index in [9.17, 15) is 19.5 Å². The summed E-state index contributed by atoms with van der Waals surface area (Å²) in [5.74, 6) is -1.24. The van der Waals surface area contributed by atoms with Gasteiger partial charge in [0.2, 0.25) is 5.70 Å². The van der Waals surface area contributed by atoms with E-state index >= 15 is 0 Å².